The van der Waals surface area contributed by atoms with Crippen LogP contribution in [0.15, 0.2) is 72.1 Å². The van der Waals surface area contributed by atoms with E-state index < -0.39 is 0 Å². The Balaban J connectivity index is 1.35. The third-order valence-corrected chi connectivity index (χ3v) is 3.90. The molecule has 0 radical (unpaired) electrons. The topological polar surface area (TPSA) is 75.1 Å². The van der Waals surface area contributed by atoms with Crippen LogP contribution in [-0.2, 0) is 4.84 Å². The Labute approximate surface area is 156 Å². The van der Waals surface area contributed by atoms with Crippen LogP contribution in [0.5, 0.6) is 23.3 Å². The maximum absolute atomic E-state index is 5.80. The first kappa shape index (κ1) is 16.8. The van der Waals surface area contributed by atoms with Gasteiger partial charge in [0.05, 0.1) is 25.9 Å². The molecule has 2 aromatic carbocycles. The Morgan fingerprint density at radius 1 is 0.852 bits per heavy atom. The van der Waals surface area contributed by atoms with Crippen LogP contribution in [0.3, 0.4) is 0 Å². The highest BCUT2D eigenvalue weighted by Crippen LogP contribution is 2.30. The van der Waals surface area contributed by atoms with Crippen molar-refractivity contribution in [1.29, 1.82) is 0 Å². The number of rotatable bonds is 5. The lowest BCUT2D eigenvalue weighted by atomic mass is 10.1. The molecule has 1 atom stereocenters. The first-order valence-corrected chi connectivity index (χ1v) is 8.39. The van der Waals surface area contributed by atoms with Crippen molar-refractivity contribution in [2.75, 3.05) is 7.11 Å². The fourth-order valence-corrected chi connectivity index (χ4v) is 2.57. The van der Waals surface area contributed by atoms with Gasteiger partial charge in [-0.3, -0.25) is 0 Å². The van der Waals surface area contributed by atoms with Gasteiger partial charge in [-0.2, -0.15) is 9.97 Å². The molecule has 0 aliphatic carbocycles. The molecule has 0 unspecified atom stereocenters. The molecule has 0 saturated heterocycles. The average molecular weight is 363 g/mol. The summed E-state index contributed by atoms with van der Waals surface area (Å²) in [5, 5.41) is 4.00. The van der Waals surface area contributed by atoms with Gasteiger partial charge < -0.3 is 19.0 Å². The quantitative estimate of drug-likeness (QED) is 0.678. The number of benzene rings is 2. The van der Waals surface area contributed by atoms with Crippen molar-refractivity contribution >= 4 is 5.90 Å². The van der Waals surface area contributed by atoms with Crippen LogP contribution in [0.2, 0.25) is 0 Å². The molecular weight excluding hydrogens is 346 g/mol. The van der Waals surface area contributed by atoms with Gasteiger partial charge in [-0.25, -0.2) is 0 Å². The van der Waals surface area contributed by atoms with E-state index in [1.54, 1.807) is 0 Å². The lowest BCUT2D eigenvalue weighted by molar-refractivity contribution is 0.0855. The predicted octanol–water partition coefficient (Wildman–Crippen LogP) is 4.13. The number of methoxy groups -OCH3 is 1. The van der Waals surface area contributed by atoms with Gasteiger partial charge in [-0.15, -0.1) is 0 Å². The molecule has 1 aromatic heterocycles. The van der Waals surface area contributed by atoms with E-state index in [0.717, 1.165) is 17.1 Å². The van der Waals surface area contributed by atoms with E-state index >= 15 is 0 Å². The second-order valence-corrected chi connectivity index (χ2v) is 5.77. The fraction of sp³-hybridized carbons (Fsp3) is 0.150. The number of ether oxygens (including phenoxy) is 3. The fourth-order valence-electron chi connectivity index (χ4n) is 2.57. The zero-order chi connectivity index (χ0) is 18.5. The lowest BCUT2D eigenvalue weighted by Crippen LogP contribution is -2.08. The highest BCUT2D eigenvalue weighted by Gasteiger charge is 2.24. The highest BCUT2D eigenvalue weighted by atomic mass is 16.7. The minimum absolute atomic E-state index is 0.204. The van der Waals surface area contributed by atoms with Gasteiger partial charge in [-0.05, 0) is 29.8 Å². The normalized spacial score (nSPS) is 15.6. The van der Waals surface area contributed by atoms with E-state index in [1.165, 1.54) is 19.5 Å². The number of oxime groups is 1. The van der Waals surface area contributed by atoms with Gasteiger partial charge in [0.1, 0.15) is 11.5 Å². The monoisotopic (exact) mass is 363 g/mol. The number of hydrogen-bond acceptors (Lipinski definition) is 7. The summed E-state index contributed by atoms with van der Waals surface area (Å²) in [6, 6.07) is 17.6. The van der Waals surface area contributed by atoms with Gasteiger partial charge >= 0.3 is 6.01 Å². The lowest BCUT2D eigenvalue weighted by Gasteiger charge is -2.10. The summed E-state index contributed by atoms with van der Waals surface area (Å²) in [5.41, 5.74) is 0.990. The molecule has 0 N–H and O–H groups in total. The number of para-hydroxylation sites is 1. The summed E-state index contributed by atoms with van der Waals surface area (Å²) >= 11 is 0. The molecule has 7 heteroatoms. The summed E-state index contributed by atoms with van der Waals surface area (Å²) in [6.45, 7) is 0. The third kappa shape index (κ3) is 4.14. The van der Waals surface area contributed by atoms with E-state index in [4.69, 9.17) is 19.0 Å². The van der Waals surface area contributed by atoms with Crippen molar-refractivity contribution < 1.29 is 19.0 Å². The van der Waals surface area contributed by atoms with Crippen molar-refractivity contribution in [3.8, 4) is 23.3 Å². The van der Waals surface area contributed by atoms with E-state index in [2.05, 4.69) is 15.1 Å². The van der Waals surface area contributed by atoms with Crippen molar-refractivity contribution in [2.45, 2.75) is 12.5 Å². The molecule has 1 aliphatic rings. The van der Waals surface area contributed by atoms with Gasteiger partial charge in [0.15, 0.2) is 11.9 Å². The molecular formula is C20H17N3O4. The first-order valence-electron chi connectivity index (χ1n) is 8.39. The summed E-state index contributed by atoms with van der Waals surface area (Å²) in [7, 11) is 1.51. The maximum Gasteiger partial charge on any atom is 0.316 e. The molecule has 0 amide bonds. The minimum Gasteiger partial charge on any atom is -0.467 e. The molecule has 0 bridgehead atoms. The van der Waals surface area contributed by atoms with Crippen molar-refractivity contribution in [1.82, 2.24) is 9.97 Å². The Hall–Kier alpha value is -3.61. The van der Waals surface area contributed by atoms with Crippen molar-refractivity contribution in [3.63, 3.8) is 0 Å². The average Bonchev–Trinajstić information content (AvgIpc) is 3.18. The maximum atomic E-state index is 5.80. The van der Waals surface area contributed by atoms with Crippen LogP contribution < -0.4 is 14.2 Å². The summed E-state index contributed by atoms with van der Waals surface area (Å²) in [5.74, 6) is 2.50. The standard InChI is InChI=1S/C20H17N3O4/c1-24-20-21-12-17(13-22-20)26-19-11-18(27-23-19)14-7-9-16(10-8-14)25-15-5-3-2-4-6-15/h2-10,12-13,18H,11H2,1H3/t18-/m0/s1. The summed E-state index contributed by atoms with van der Waals surface area (Å²) in [6.07, 6.45) is 3.37. The smallest absolute Gasteiger partial charge is 0.316 e. The largest absolute Gasteiger partial charge is 0.467 e. The van der Waals surface area contributed by atoms with Gasteiger partial charge in [0.2, 0.25) is 5.90 Å². The van der Waals surface area contributed by atoms with E-state index in [1.807, 2.05) is 54.6 Å². The molecule has 27 heavy (non-hydrogen) atoms. The summed E-state index contributed by atoms with van der Waals surface area (Å²) in [4.78, 5) is 13.5. The van der Waals surface area contributed by atoms with E-state index in [-0.39, 0.29) is 12.1 Å². The van der Waals surface area contributed by atoms with Gasteiger partial charge in [0, 0.05) is 0 Å². The number of aromatic nitrogens is 2. The minimum atomic E-state index is -0.204. The predicted molar refractivity (Wildman–Crippen MR) is 98.0 cm³/mol. The Morgan fingerprint density at radius 2 is 1.56 bits per heavy atom. The van der Waals surface area contributed by atoms with Crippen LogP contribution in [0.25, 0.3) is 0 Å². The van der Waals surface area contributed by atoms with Crippen LogP contribution in [0.1, 0.15) is 18.1 Å². The Kier molecular flexibility index (Phi) is 4.82. The van der Waals surface area contributed by atoms with E-state index in [9.17, 15) is 0 Å². The Bertz CT molecular complexity index is 912. The molecule has 2 heterocycles. The highest BCUT2D eigenvalue weighted by molar-refractivity contribution is 5.79. The number of hydrogen-bond donors (Lipinski definition) is 0. The molecule has 0 spiro atoms. The van der Waals surface area contributed by atoms with Crippen molar-refractivity contribution in [3.05, 3.63) is 72.6 Å². The SMILES string of the molecule is COc1ncc(OC2=NO[C@H](c3ccc(Oc4ccccc4)cc3)C2)cn1. The zero-order valence-electron chi connectivity index (χ0n) is 14.6. The zero-order valence-corrected chi connectivity index (χ0v) is 14.6. The molecule has 4 rings (SSSR count). The molecule has 1 aliphatic heterocycles. The van der Waals surface area contributed by atoms with Gasteiger partial charge in [-0.1, -0.05) is 35.5 Å². The second-order valence-electron chi connectivity index (χ2n) is 5.77. The van der Waals surface area contributed by atoms with Crippen LogP contribution in [-0.4, -0.2) is 23.0 Å². The van der Waals surface area contributed by atoms with Gasteiger partial charge in [0.25, 0.3) is 0 Å². The van der Waals surface area contributed by atoms with E-state index in [0.29, 0.717) is 18.1 Å². The third-order valence-electron chi connectivity index (χ3n) is 3.90. The van der Waals surface area contributed by atoms with Crippen LogP contribution in [0, 0.1) is 0 Å². The molecule has 136 valence electrons. The summed E-state index contributed by atoms with van der Waals surface area (Å²) < 4.78 is 16.4. The molecule has 7 nitrogen and oxygen atoms in total. The second kappa shape index (κ2) is 7.74. The van der Waals surface area contributed by atoms with Crippen LogP contribution in [0.4, 0.5) is 0 Å². The molecule has 0 saturated carbocycles. The molecule has 0 fully saturated rings. The first-order chi connectivity index (χ1) is 13.3. The Morgan fingerprint density at radius 3 is 2.26 bits per heavy atom. The van der Waals surface area contributed by atoms with Crippen molar-refractivity contribution in [2.24, 2.45) is 5.16 Å². The molecule has 3 aromatic rings. The number of nitrogens with zero attached hydrogens (tertiary/aromatic N) is 3. The van der Waals surface area contributed by atoms with Crippen LogP contribution >= 0.6 is 0 Å².